The molecule has 0 saturated carbocycles. The average Bonchev–Trinajstić information content (AvgIpc) is 3.67. The maximum absolute atomic E-state index is 15.1. The van der Waals surface area contributed by atoms with Gasteiger partial charge in [-0.15, -0.1) is 0 Å². The first-order valence-electron chi connectivity index (χ1n) is 20.0. The summed E-state index contributed by atoms with van der Waals surface area (Å²) >= 11 is 0. The van der Waals surface area contributed by atoms with Crippen molar-refractivity contribution in [1.29, 1.82) is 10.5 Å². The van der Waals surface area contributed by atoms with Gasteiger partial charge in [0.2, 0.25) is 0 Å². The average molecular weight is 821 g/mol. The lowest BCUT2D eigenvalue weighted by Crippen LogP contribution is -2.08. The van der Waals surface area contributed by atoms with Crippen molar-refractivity contribution >= 4 is 21.8 Å². The summed E-state index contributed by atoms with van der Waals surface area (Å²) in [6, 6.07) is 61.3. The van der Waals surface area contributed by atoms with Crippen LogP contribution in [0.25, 0.3) is 95.0 Å². The Morgan fingerprint density at radius 3 is 1.35 bits per heavy atom. The number of alkyl halides is 3. The molecule has 2 aromatic heterocycles. The molecule has 0 amide bonds. The molecule has 6 nitrogen and oxygen atoms in total. The first-order chi connectivity index (χ1) is 30.7. The van der Waals surface area contributed by atoms with Gasteiger partial charge < -0.3 is 4.57 Å². The van der Waals surface area contributed by atoms with Crippen molar-refractivity contribution < 1.29 is 13.2 Å². The van der Waals surface area contributed by atoms with Crippen LogP contribution < -0.4 is 0 Å². The highest BCUT2D eigenvalue weighted by molar-refractivity contribution is 6.11. The fourth-order valence-electron chi connectivity index (χ4n) is 8.11. The Bertz CT molecular complexity index is 3260. The summed E-state index contributed by atoms with van der Waals surface area (Å²) in [5.74, 6) is 0.980. The van der Waals surface area contributed by atoms with Gasteiger partial charge in [0, 0.05) is 33.2 Å². The third-order valence-electron chi connectivity index (χ3n) is 11.2. The van der Waals surface area contributed by atoms with E-state index in [-0.39, 0.29) is 17.0 Å². The highest BCUT2D eigenvalue weighted by Crippen LogP contribution is 2.43. The topological polar surface area (TPSA) is 91.2 Å². The second kappa shape index (κ2) is 15.7. The molecule has 0 radical (unpaired) electrons. The van der Waals surface area contributed by atoms with E-state index in [1.807, 2.05) is 103 Å². The molecule has 0 unspecified atom stereocenters. The van der Waals surface area contributed by atoms with Crippen molar-refractivity contribution in [2.75, 3.05) is 0 Å². The Morgan fingerprint density at radius 1 is 0.397 bits per heavy atom. The number of hydrogen-bond acceptors (Lipinski definition) is 5. The minimum Gasteiger partial charge on any atom is -0.309 e. The zero-order chi connectivity index (χ0) is 43.1. The van der Waals surface area contributed by atoms with Gasteiger partial charge in [0.05, 0.1) is 39.9 Å². The quantitative estimate of drug-likeness (QED) is 0.160. The first-order valence-corrected chi connectivity index (χ1v) is 20.0. The van der Waals surface area contributed by atoms with Gasteiger partial charge in [0.1, 0.15) is 0 Å². The number of halogens is 3. The van der Waals surface area contributed by atoms with Crippen LogP contribution >= 0.6 is 0 Å². The van der Waals surface area contributed by atoms with Gasteiger partial charge in [-0.05, 0) is 94.0 Å². The van der Waals surface area contributed by atoms with E-state index in [4.69, 9.17) is 15.0 Å². The van der Waals surface area contributed by atoms with Crippen molar-refractivity contribution in [3.05, 3.63) is 205 Å². The molecule has 0 atom stereocenters. The Balaban J connectivity index is 1.26. The second-order valence-corrected chi connectivity index (χ2v) is 15.0. The predicted octanol–water partition coefficient (Wildman–Crippen LogP) is 13.7. The fourth-order valence-corrected chi connectivity index (χ4v) is 8.11. The van der Waals surface area contributed by atoms with Crippen molar-refractivity contribution in [2.45, 2.75) is 6.18 Å². The monoisotopic (exact) mass is 820 g/mol. The zero-order valence-electron chi connectivity index (χ0n) is 33.2. The summed E-state index contributed by atoms with van der Waals surface area (Å²) in [7, 11) is 0. The molecule has 0 aliphatic carbocycles. The van der Waals surface area contributed by atoms with Crippen molar-refractivity contribution in [3.8, 4) is 85.4 Å². The largest absolute Gasteiger partial charge is 0.417 e. The maximum Gasteiger partial charge on any atom is 0.417 e. The lowest BCUT2D eigenvalue weighted by atomic mass is 9.93. The molecule has 2 heterocycles. The standard InChI is InChI=1S/C54H31F3N6/c55-54(56,57)48-14-8-7-13-43(48)47-31-42(25-28-46(47)53-61-51(38-9-3-1-4-10-38)60-52(62-53)39-11-5-2-6-12-39)63-49-29-40(36-19-15-34(32-58)16-20-36)23-26-44(49)45-27-24-41(30-50(45)63)37-21-17-35(33-59)18-22-37/h1-31H. The minimum absolute atomic E-state index is 0.0258. The predicted molar refractivity (Wildman–Crippen MR) is 241 cm³/mol. The molecule has 0 N–H and O–H groups in total. The third kappa shape index (κ3) is 7.24. The van der Waals surface area contributed by atoms with Gasteiger partial charge in [-0.3, -0.25) is 0 Å². The Morgan fingerprint density at radius 2 is 0.857 bits per heavy atom. The van der Waals surface area contributed by atoms with E-state index in [9.17, 15) is 10.5 Å². The lowest BCUT2D eigenvalue weighted by Gasteiger charge is -2.18. The Hall–Kier alpha value is -8.66. The summed E-state index contributed by atoms with van der Waals surface area (Å²) in [5, 5.41) is 20.8. The SMILES string of the molecule is N#Cc1ccc(-c2ccc3c4ccc(-c5ccc(C#N)cc5)cc4n(-c4ccc(-c5nc(-c6ccccc6)nc(-c6ccccc6)n5)c(-c5ccccc5C(F)(F)F)c4)c3c2)cc1. The number of aromatic nitrogens is 4. The van der Waals surface area contributed by atoms with Gasteiger partial charge >= 0.3 is 6.18 Å². The van der Waals surface area contributed by atoms with Gasteiger partial charge in [-0.1, -0.05) is 127 Å². The van der Waals surface area contributed by atoms with Crippen LogP contribution in [0.1, 0.15) is 16.7 Å². The van der Waals surface area contributed by atoms with Crippen LogP contribution in [-0.2, 0) is 6.18 Å². The molecular formula is C54H31F3N6. The summed E-state index contributed by atoms with van der Waals surface area (Å²) in [6.45, 7) is 0. The second-order valence-electron chi connectivity index (χ2n) is 15.0. The molecule has 298 valence electrons. The van der Waals surface area contributed by atoms with Crippen LogP contribution in [-0.4, -0.2) is 19.5 Å². The molecule has 0 spiro atoms. The van der Waals surface area contributed by atoms with E-state index in [1.54, 1.807) is 42.5 Å². The molecule has 0 aliphatic heterocycles. The summed E-state index contributed by atoms with van der Waals surface area (Å²) in [4.78, 5) is 14.7. The molecule has 0 aliphatic rings. The van der Waals surface area contributed by atoms with Crippen molar-refractivity contribution in [1.82, 2.24) is 19.5 Å². The summed E-state index contributed by atoms with van der Waals surface area (Å²) < 4.78 is 47.2. The highest BCUT2D eigenvalue weighted by Gasteiger charge is 2.34. The van der Waals surface area contributed by atoms with E-state index in [1.165, 1.54) is 12.1 Å². The molecule has 8 aromatic carbocycles. The lowest BCUT2D eigenvalue weighted by molar-refractivity contribution is -0.137. The number of nitrogens with zero attached hydrogens (tertiary/aromatic N) is 6. The van der Waals surface area contributed by atoms with E-state index in [0.717, 1.165) is 61.3 Å². The summed E-state index contributed by atoms with van der Waals surface area (Å²) in [6.07, 6.45) is -4.67. The van der Waals surface area contributed by atoms with Crippen LogP contribution in [0.4, 0.5) is 13.2 Å². The maximum atomic E-state index is 15.1. The molecule has 0 fully saturated rings. The molecule has 10 rings (SSSR count). The van der Waals surface area contributed by atoms with E-state index >= 15 is 13.2 Å². The van der Waals surface area contributed by atoms with Crippen LogP contribution in [0, 0.1) is 22.7 Å². The highest BCUT2D eigenvalue weighted by atomic mass is 19.4. The van der Waals surface area contributed by atoms with Crippen LogP contribution in [0.3, 0.4) is 0 Å². The van der Waals surface area contributed by atoms with Gasteiger partial charge in [-0.25, -0.2) is 15.0 Å². The normalized spacial score (nSPS) is 11.4. The van der Waals surface area contributed by atoms with Gasteiger partial charge in [0.15, 0.2) is 17.5 Å². The molecule has 10 aromatic rings. The summed E-state index contributed by atoms with van der Waals surface area (Å²) in [5.41, 5.74) is 8.26. The fraction of sp³-hybridized carbons (Fsp3) is 0.0185. The van der Waals surface area contributed by atoms with E-state index < -0.39 is 11.7 Å². The number of benzene rings is 8. The molecule has 0 saturated heterocycles. The van der Waals surface area contributed by atoms with Gasteiger partial charge in [-0.2, -0.15) is 23.7 Å². The zero-order valence-corrected chi connectivity index (χ0v) is 33.2. The molecular weight excluding hydrogens is 790 g/mol. The molecule has 63 heavy (non-hydrogen) atoms. The number of fused-ring (bicyclic) bond motifs is 3. The number of rotatable bonds is 7. The van der Waals surface area contributed by atoms with Crippen LogP contribution in [0.5, 0.6) is 0 Å². The number of nitriles is 2. The third-order valence-corrected chi connectivity index (χ3v) is 11.2. The molecule has 9 heteroatoms. The van der Waals surface area contributed by atoms with Crippen LogP contribution in [0.2, 0.25) is 0 Å². The molecule has 0 bridgehead atoms. The van der Waals surface area contributed by atoms with Crippen molar-refractivity contribution in [3.63, 3.8) is 0 Å². The smallest absolute Gasteiger partial charge is 0.309 e. The van der Waals surface area contributed by atoms with Gasteiger partial charge in [0.25, 0.3) is 0 Å². The minimum atomic E-state index is -4.67. The van der Waals surface area contributed by atoms with E-state index in [0.29, 0.717) is 34.0 Å². The van der Waals surface area contributed by atoms with Crippen LogP contribution in [0.15, 0.2) is 188 Å². The van der Waals surface area contributed by atoms with E-state index in [2.05, 4.69) is 41.0 Å². The Labute approximate surface area is 360 Å². The number of hydrogen-bond donors (Lipinski definition) is 0. The first kappa shape index (κ1) is 38.5. The van der Waals surface area contributed by atoms with Crippen molar-refractivity contribution in [2.24, 2.45) is 0 Å². The Kier molecular flexibility index (Phi) is 9.63.